The number of carbonyl (C=O) groups is 1. The Labute approximate surface area is 122 Å². The van der Waals surface area contributed by atoms with Crippen molar-refractivity contribution >= 4 is 5.91 Å². The maximum Gasteiger partial charge on any atom is 0.236 e. The number of nitrogens with zero attached hydrogens (tertiary/aromatic N) is 3. The fourth-order valence-electron chi connectivity index (χ4n) is 3.27. The highest BCUT2D eigenvalue weighted by molar-refractivity contribution is 5.78. The second kappa shape index (κ2) is 6.87. The number of morpholine rings is 1. The molecule has 0 saturated carbocycles. The van der Waals surface area contributed by atoms with Crippen molar-refractivity contribution in [2.45, 2.75) is 44.9 Å². The van der Waals surface area contributed by atoms with Gasteiger partial charge in [-0.2, -0.15) is 0 Å². The topological polar surface area (TPSA) is 36.0 Å². The van der Waals surface area contributed by atoms with Gasteiger partial charge in [0.15, 0.2) is 0 Å². The van der Waals surface area contributed by atoms with Crippen LogP contribution in [0.3, 0.4) is 0 Å². The van der Waals surface area contributed by atoms with Gasteiger partial charge in [-0.3, -0.25) is 9.69 Å². The molecule has 0 aromatic carbocycles. The molecular formula is C15H29N3O2. The van der Waals surface area contributed by atoms with E-state index in [0.717, 1.165) is 26.2 Å². The van der Waals surface area contributed by atoms with Crippen LogP contribution in [0, 0.1) is 0 Å². The first-order valence-corrected chi connectivity index (χ1v) is 7.77. The van der Waals surface area contributed by atoms with Crippen LogP contribution in [-0.4, -0.2) is 85.7 Å². The summed E-state index contributed by atoms with van der Waals surface area (Å²) < 4.78 is 5.69. The van der Waals surface area contributed by atoms with E-state index in [1.165, 1.54) is 12.8 Å². The molecule has 5 nitrogen and oxygen atoms in total. The molecule has 0 radical (unpaired) electrons. The van der Waals surface area contributed by atoms with Gasteiger partial charge in [0.2, 0.25) is 5.91 Å². The molecule has 2 fully saturated rings. The highest BCUT2D eigenvalue weighted by Crippen LogP contribution is 2.15. The molecule has 2 rings (SSSR count). The molecule has 0 aliphatic carbocycles. The second-order valence-electron chi connectivity index (χ2n) is 6.55. The first-order chi connectivity index (χ1) is 9.45. The van der Waals surface area contributed by atoms with E-state index in [2.05, 4.69) is 23.9 Å². The van der Waals surface area contributed by atoms with E-state index >= 15 is 0 Å². The maximum atomic E-state index is 12.4. The zero-order valence-electron chi connectivity index (χ0n) is 13.3. The molecule has 2 aliphatic heterocycles. The number of rotatable bonds is 3. The van der Waals surface area contributed by atoms with Gasteiger partial charge in [-0.15, -0.1) is 0 Å². The fraction of sp³-hybridized carbons (Fsp3) is 0.933. The third-order valence-corrected chi connectivity index (χ3v) is 4.34. The number of amides is 1. The Morgan fingerprint density at radius 3 is 2.45 bits per heavy atom. The van der Waals surface area contributed by atoms with E-state index in [1.54, 1.807) is 0 Å². The largest absolute Gasteiger partial charge is 0.372 e. The highest BCUT2D eigenvalue weighted by atomic mass is 16.5. The number of likely N-dealkylation sites (N-methyl/N-ethyl adjacent to an activating group) is 1. The molecular weight excluding hydrogens is 254 g/mol. The number of carbonyl (C=O) groups excluding carboxylic acids is 1. The minimum Gasteiger partial charge on any atom is -0.372 e. The number of hydrogen-bond acceptors (Lipinski definition) is 4. The van der Waals surface area contributed by atoms with Crippen molar-refractivity contribution in [3.05, 3.63) is 0 Å². The molecule has 2 aliphatic rings. The molecule has 0 spiro atoms. The SMILES string of the molecule is CC1CN(C(=O)CN2CCCC(N(C)C)C2)CC(C)O1. The summed E-state index contributed by atoms with van der Waals surface area (Å²) in [6.07, 6.45) is 2.73. The third-order valence-electron chi connectivity index (χ3n) is 4.34. The van der Waals surface area contributed by atoms with Crippen LogP contribution in [-0.2, 0) is 9.53 Å². The monoisotopic (exact) mass is 283 g/mol. The molecule has 5 heteroatoms. The van der Waals surface area contributed by atoms with Crippen LogP contribution in [0.5, 0.6) is 0 Å². The highest BCUT2D eigenvalue weighted by Gasteiger charge is 2.28. The van der Waals surface area contributed by atoms with Gasteiger partial charge in [-0.1, -0.05) is 0 Å². The Kier molecular flexibility index (Phi) is 5.41. The summed E-state index contributed by atoms with van der Waals surface area (Å²) in [4.78, 5) is 19.0. The standard InChI is InChI=1S/C15H29N3O2/c1-12-8-18(9-13(2)20-12)15(19)11-17-7-5-6-14(10-17)16(3)4/h12-14H,5-11H2,1-4H3. The Morgan fingerprint density at radius 1 is 1.20 bits per heavy atom. The van der Waals surface area contributed by atoms with Crippen LogP contribution in [0.2, 0.25) is 0 Å². The molecule has 2 saturated heterocycles. The Bertz CT molecular complexity index is 325. The zero-order valence-corrected chi connectivity index (χ0v) is 13.3. The molecule has 3 atom stereocenters. The first kappa shape index (κ1) is 15.7. The molecule has 0 aromatic heterocycles. The van der Waals surface area contributed by atoms with Crippen LogP contribution in [0.15, 0.2) is 0 Å². The predicted octanol–water partition coefficient (Wildman–Crippen LogP) is 0.648. The molecule has 2 heterocycles. The van der Waals surface area contributed by atoms with Gasteiger partial charge < -0.3 is 14.5 Å². The number of hydrogen-bond donors (Lipinski definition) is 0. The zero-order chi connectivity index (χ0) is 14.7. The molecule has 1 amide bonds. The van der Waals surface area contributed by atoms with Gasteiger partial charge in [0, 0.05) is 25.7 Å². The van der Waals surface area contributed by atoms with Gasteiger partial charge in [0.1, 0.15) is 0 Å². The van der Waals surface area contributed by atoms with Crippen LogP contribution in [0.4, 0.5) is 0 Å². The van der Waals surface area contributed by atoms with Crippen LogP contribution in [0.1, 0.15) is 26.7 Å². The number of ether oxygens (including phenoxy) is 1. The van der Waals surface area contributed by atoms with Crippen molar-refractivity contribution in [2.75, 3.05) is 46.8 Å². The lowest BCUT2D eigenvalue weighted by molar-refractivity contribution is -0.144. The average molecular weight is 283 g/mol. The Morgan fingerprint density at radius 2 is 1.85 bits per heavy atom. The van der Waals surface area contributed by atoms with Gasteiger partial charge in [-0.25, -0.2) is 0 Å². The maximum absolute atomic E-state index is 12.4. The first-order valence-electron chi connectivity index (χ1n) is 7.77. The minimum absolute atomic E-state index is 0.151. The van der Waals surface area contributed by atoms with Gasteiger partial charge in [0.05, 0.1) is 18.8 Å². The van der Waals surface area contributed by atoms with Crippen molar-refractivity contribution in [1.82, 2.24) is 14.7 Å². The van der Waals surface area contributed by atoms with Crippen LogP contribution >= 0.6 is 0 Å². The summed E-state index contributed by atoms with van der Waals surface area (Å²) in [5.74, 6) is 0.256. The average Bonchev–Trinajstić information content (AvgIpc) is 2.37. The molecule has 116 valence electrons. The lowest BCUT2D eigenvalue weighted by atomic mass is 10.0. The van der Waals surface area contributed by atoms with Crippen molar-refractivity contribution in [1.29, 1.82) is 0 Å². The summed E-state index contributed by atoms with van der Waals surface area (Å²) in [7, 11) is 4.25. The Hall–Kier alpha value is -0.650. The van der Waals surface area contributed by atoms with Gasteiger partial charge in [0.25, 0.3) is 0 Å². The Balaban J connectivity index is 1.84. The summed E-state index contributed by atoms with van der Waals surface area (Å²) in [6.45, 7) is 8.16. The molecule has 3 unspecified atom stereocenters. The van der Waals surface area contributed by atoms with Crippen molar-refractivity contribution < 1.29 is 9.53 Å². The van der Waals surface area contributed by atoms with Gasteiger partial charge >= 0.3 is 0 Å². The van der Waals surface area contributed by atoms with E-state index in [-0.39, 0.29) is 18.1 Å². The van der Waals surface area contributed by atoms with Gasteiger partial charge in [-0.05, 0) is 47.3 Å². The van der Waals surface area contributed by atoms with Crippen molar-refractivity contribution in [3.8, 4) is 0 Å². The molecule has 20 heavy (non-hydrogen) atoms. The lowest BCUT2D eigenvalue weighted by Crippen LogP contribution is -2.53. The van der Waals surface area contributed by atoms with E-state index in [9.17, 15) is 4.79 Å². The predicted molar refractivity (Wildman–Crippen MR) is 79.7 cm³/mol. The van der Waals surface area contributed by atoms with Crippen LogP contribution < -0.4 is 0 Å². The normalized spacial score (nSPS) is 32.6. The van der Waals surface area contributed by atoms with Crippen molar-refractivity contribution in [3.63, 3.8) is 0 Å². The summed E-state index contributed by atoms with van der Waals surface area (Å²) >= 11 is 0. The van der Waals surface area contributed by atoms with E-state index in [4.69, 9.17) is 4.74 Å². The number of likely N-dealkylation sites (tertiary alicyclic amines) is 1. The summed E-state index contributed by atoms with van der Waals surface area (Å²) in [5, 5.41) is 0. The van der Waals surface area contributed by atoms with E-state index in [1.807, 2.05) is 18.7 Å². The van der Waals surface area contributed by atoms with E-state index < -0.39 is 0 Å². The number of piperidine rings is 1. The smallest absolute Gasteiger partial charge is 0.236 e. The quantitative estimate of drug-likeness (QED) is 0.762. The molecule has 0 aromatic rings. The minimum atomic E-state index is 0.151. The summed E-state index contributed by atoms with van der Waals surface area (Å²) in [6, 6.07) is 0.582. The fourth-order valence-corrected chi connectivity index (χ4v) is 3.27. The third kappa shape index (κ3) is 4.17. The lowest BCUT2D eigenvalue weighted by Gasteiger charge is -2.39. The van der Waals surface area contributed by atoms with Crippen molar-refractivity contribution in [2.24, 2.45) is 0 Å². The molecule has 0 N–H and O–H groups in total. The second-order valence-corrected chi connectivity index (χ2v) is 6.55. The molecule has 0 bridgehead atoms. The van der Waals surface area contributed by atoms with Crippen LogP contribution in [0.25, 0.3) is 0 Å². The summed E-state index contributed by atoms with van der Waals surface area (Å²) in [5.41, 5.74) is 0. The van der Waals surface area contributed by atoms with E-state index in [0.29, 0.717) is 12.6 Å².